The average molecular weight is 225 g/mol. The lowest BCUT2D eigenvalue weighted by Gasteiger charge is -2.38. The van der Waals surface area contributed by atoms with E-state index in [1.807, 2.05) is 6.34 Å². The lowest BCUT2D eigenvalue weighted by atomic mass is 9.89. The van der Waals surface area contributed by atoms with E-state index in [0.29, 0.717) is 23.7 Å². The third-order valence-corrected chi connectivity index (χ3v) is 2.89. The van der Waals surface area contributed by atoms with Crippen LogP contribution in [0.25, 0.3) is 0 Å². The molecule has 0 amide bonds. The van der Waals surface area contributed by atoms with Gasteiger partial charge in [-0.2, -0.15) is 5.10 Å². The summed E-state index contributed by atoms with van der Waals surface area (Å²) in [5.41, 5.74) is 0.332. The molecule has 1 aliphatic rings. The van der Waals surface area contributed by atoms with Crippen LogP contribution in [0.4, 0.5) is 0 Å². The Hall–Kier alpha value is -0.730. The van der Waals surface area contributed by atoms with Gasteiger partial charge in [-0.25, -0.2) is 0 Å². The maximum absolute atomic E-state index is 4.54. The predicted molar refractivity (Wildman–Crippen MR) is 70.3 cm³/mol. The molecule has 0 aromatic rings. The summed E-state index contributed by atoms with van der Waals surface area (Å²) in [6.45, 7) is 15.7. The summed E-state index contributed by atoms with van der Waals surface area (Å²) >= 11 is 0. The standard InChI is InChI=1S/C13H27N3/c1-10(2)15-9-14-16(11(3)4)12(15)8-13(5,6)7/h9-12H,8H2,1-7H3. The average Bonchev–Trinajstić information content (AvgIpc) is 2.44. The van der Waals surface area contributed by atoms with Gasteiger partial charge in [0, 0.05) is 12.1 Å². The third-order valence-electron chi connectivity index (χ3n) is 2.89. The molecular formula is C13H27N3. The molecule has 94 valence electrons. The molecule has 1 rings (SSSR count). The smallest absolute Gasteiger partial charge is 0.120 e. The Morgan fingerprint density at radius 3 is 2.06 bits per heavy atom. The molecule has 3 heteroatoms. The van der Waals surface area contributed by atoms with Crippen LogP contribution in [-0.2, 0) is 0 Å². The van der Waals surface area contributed by atoms with Gasteiger partial charge < -0.3 is 4.90 Å². The van der Waals surface area contributed by atoms with E-state index in [4.69, 9.17) is 0 Å². The van der Waals surface area contributed by atoms with Crippen LogP contribution in [0, 0.1) is 5.41 Å². The van der Waals surface area contributed by atoms with Gasteiger partial charge in [0.1, 0.15) is 12.5 Å². The molecule has 1 aliphatic heterocycles. The molecule has 0 aromatic heterocycles. The Morgan fingerprint density at radius 1 is 1.12 bits per heavy atom. The largest absolute Gasteiger partial charge is 0.337 e. The maximum atomic E-state index is 4.54. The Kier molecular flexibility index (Phi) is 3.87. The van der Waals surface area contributed by atoms with E-state index in [-0.39, 0.29) is 0 Å². The van der Waals surface area contributed by atoms with Crippen LogP contribution in [-0.4, -0.2) is 34.5 Å². The van der Waals surface area contributed by atoms with E-state index >= 15 is 0 Å². The number of rotatable bonds is 3. The summed E-state index contributed by atoms with van der Waals surface area (Å²) in [4.78, 5) is 2.37. The number of hydrogen-bond acceptors (Lipinski definition) is 3. The van der Waals surface area contributed by atoms with Crippen molar-refractivity contribution < 1.29 is 0 Å². The van der Waals surface area contributed by atoms with E-state index < -0.39 is 0 Å². The Bertz CT molecular complexity index is 232. The highest BCUT2D eigenvalue weighted by Gasteiger charge is 2.34. The molecule has 3 nitrogen and oxygen atoms in total. The first-order valence-corrected chi connectivity index (χ1v) is 6.32. The molecule has 1 unspecified atom stereocenters. The van der Waals surface area contributed by atoms with Crippen molar-refractivity contribution in [3.63, 3.8) is 0 Å². The van der Waals surface area contributed by atoms with E-state index in [0.717, 1.165) is 6.42 Å². The molecule has 1 atom stereocenters. The number of hydrogen-bond donors (Lipinski definition) is 0. The first kappa shape index (κ1) is 13.3. The summed E-state index contributed by atoms with van der Waals surface area (Å²) in [7, 11) is 0. The molecule has 0 radical (unpaired) electrons. The second kappa shape index (κ2) is 4.64. The lowest BCUT2D eigenvalue weighted by molar-refractivity contribution is 0.0520. The minimum Gasteiger partial charge on any atom is -0.337 e. The van der Waals surface area contributed by atoms with Gasteiger partial charge in [0.2, 0.25) is 0 Å². The zero-order chi connectivity index (χ0) is 12.5. The summed E-state index contributed by atoms with van der Waals surface area (Å²) < 4.78 is 0. The summed E-state index contributed by atoms with van der Waals surface area (Å²) in [5, 5.41) is 6.77. The van der Waals surface area contributed by atoms with Gasteiger partial charge in [-0.3, -0.25) is 5.01 Å². The zero-order valence-corrected chi connectivity index (χ0v) is 11.9. The topological polar surface area (TPSA) is 18.8 Å². The van der Waals surface area contributed by atoms with Gasteiger partial charge in [-0.1, -0.05) is 20.8 Å². The lowest BCUT2D eigenvalue weighted by Crippen LogP contribution is -2.47. The molecule has 0 aromatic carbocycles. The monoisotopic (exact) mass is 225 g/mol. The van der Waals surface area contributed by atoms with Gasteiger partial charge in [0.25, 0.3) is 0 Å². The van der Waals surface area contributed by atoms with Gasteiger partial charge in [0.15, 0.2) is 0 Å². The van der Waals surface area contributed by atoms with Gasteiger partial charge >= 0.3 is 0 Å². The van der Waals surface area contributed by atoms with Crippen molar-refractivity contribution >= 4 is 6.34 Å². The van der Waals surface area contributed by atoms with Gasteiger partial charge in [-0.05, 0) is 39.5 Å². The molecule has 0 fully saturated rings. The fraction of sp³-hybridized carbons (Fsp3) is 0.923. The highest BCUT2D eigenvalue weighted by molar-refractivity contribution is 5.57. The van der Waals surface area contributed by atoms with Crippen molar-refractivity contribution in [3.8, 4) is 0 Å². The van der Waals surface area contributed by atoms with Crippen molar-refractivity contribution in [1.29, 1.82) is 0 Å². The van der Waals surface area contributed by atoms with Crippen molar-refractivity contribution in [3.05, 3.63) is 0 Å². The molecule has 16 heavy (non-hydrogen) atoms. The SMILES string of the molecule is CC(C)N1C=NN(C(C)C)C1CC(C)(C)C. The summed E-state index contributed by atoms with van der Waals surface area (Å²) in [5.74, 6) is 0. The Labute approximate surface area is 100 Å². The first-order chi connectivity index (χ1) is 7.22. The fourth-order valence-corrected chi connectivity index (χ4v) is 2.11. The third kappa shape index (κ3) is 3.13. The molecule has 0 bridgehead atoms. The molecule has 0 saturated heterocycles. The van der Waals surface area contributed by atoms with Crippen molar-refractivity contribution in [2.24, 2.45) is 10.5 Å². The highest BCUT2D eigenvalue weighted by Crippen LogP contribution is 2.29. The second-order valence-corrected chi connectivity index (χ2v) is 6.49. The summed E-state index contributed by atoms with van der Waals surface area (Å²) in [6, 6.07) is 0.979. The van der Waals surface area contributed by atoms with Crippen molar-refractivity contribution in [2.45, 2.75) is 73.1 Å². The molecule has 0 N–H and O–H groups in total. The Morgan fingerprint density at radius 2 is 1.69 bits per heavy atom. The van der Waals surface area contributed by atoms with E-state index in [2.05, 4.69) is 63.5 Å². The number of hydrazone groups is 1. The highest BCUT2D eigenvalue weighted by atomic mass is 15.6. The van der Waals surface area contributed by atoms with Crippen molar-refractivity contribution in [1.82, 2.24) is 9.91 Å². The van der Waals surface area contributed by atoms with Crippen LogP contribution < -0.4 is 0 Å². The molecular weight excluding hydrogens is 198 g/mol. The zero-order valence-electron chi connectivity index (χ0n) is 11.9. The minimum atomic E-state index is 0.332. The quantitative estimate of drug-likeness (QED) is 0.735. The maximum Gasteiger partial charge on any atom is 0.120 e. The minimum absolute atomic E-state index is 0.332. The molecule has 0 spiro atoms. The van der Waals surface area contributed by atoms with E-state index in [1.165, 1.54) is 0 Å². The van der Waals surface area contributed by atoms with Gasteiger partial charge in [-0.15, -0.1) is 0 Å². The second-order valence-electron chi connectivity index (χ2n) is 6.49. The predicted octanol–water partition coefficient (Wildman–Crippen LogP) is 3.13. The normalized spacial score (nSPS) is 21.7. The molecule has 0 aliphatic carbocycles. The van der Waals surface area contributed by atoms with Gasteiger partial charge in [0.05, 0.1) is 0 Å². The van der Waals surface area contributed by atoms with Crippen LogP contribution in [0.5, 0.6) is 0 Å². The van der Waals surface area contributed by atoms with Crippen LogP contribution in [0.1, 0.15) is 54.9 Å². The van der Waals surface area contributed by atoms with Crippen LogP contribution in [0.2, 0.25) is 0 Å². The molecule has 1 heterocycles. The van der Waals surface area contributed by atoms with Crippen molar-refractivity contribution in [2.75, 3.05) is 0 Å². The van der Waals surface area contributed by atoms with Crippen LogP contribution in [0.15, 0.2) is 5.10 Å². The summed E-state index contributed by atoms with van der Waals surface area (Å²) in [6.07, 6.45) is 3.56. The first-order valence-electron chi connectivity index (χ1n) is 6.32. The Balaban J connectivity index is 2.80. The molecule has 0 saturated carbocycles. The van der Waals surface area contributed by atoms with Crippen LogP contribution in [0.3, 0.4) is 0 Å². The van der Waals surface area contributed by atoms with Crippen LogP contribution >= 0.6 is 0 Å². The fourth-order valence-electron chi connectivity index (χ4n) is 2.11. The van der Waals surface area contributed by atoms with E-state index in [9.17, 15) is 0 Å². The number of nitrogens with zero attached hydrogens (tertiary/aromatic N) is 3. The van der Waals surface area contributed by atoms with E-state index in [1.54, 1.807) is 0 Å².